The number of hydrogen-bond donors (Lipinski definition) is 1. The van der Waals surface area contributed by atoms with Crippen molar-refractivity contribution < 1.29 is 17.5 Å². The summed E-state index contributed by atoms with van der Waals surface area (Å²) in [6.07, 6.45) is 0.572. The molecule has 1 aliphatic rings. The Morgan fingerprint density at radius 1 is 1.48 bits per heavy atom. The van der Waals surface area contributed by atoms with Crippen LogP contribution in [0.4, 0.5) is 4.39 Å². The van der Waals surface area contributed by atoms with E-state index in [9.17, 15) is 12.8 Å². The molecule has 5 nitrogen and oxygen atoms in total. The van der Waals surface area contributed by atoms with Gasteiger partial charge in [0.05, 0.1) is 16.6 Å². The summed E-state index contributed by atoms with van der Waals surface area (Å²) in [4.78, 5) is -0.114. The Morgan fingerprint density at radius 3 is 2.67 bits per heavy atom. The molecule has 0 aliphatic heterocycles. The molecule has 1 aliphatic carbocycles. The highest BCUT2D eigenvalue weighted by atomic mass is 32.2. The molecule has 0 heterocycles. The van der Waals surface area contributed by atoms with E-state index in [1.165, 1.54) is 0 Å². The third-order valence-corrected chi connectivity index (χ3v) is 5.60. The van der Waals surface area contributed by atoms with Crippen molar-refractivity contribution in [1.82, 2.24) is 4.72 Å². The molecule has 0 radical (unpaired) electrons. The maximum Gasteiger partial charge on any atom is 0.240 e. The van der Waals surface area contributed by atoms with Crippen LogP contribution < -0.4 is 4.72 Å². The summed E-state index contributed by atoms with van der Waals surface area (Å²) in [6, 6.07) is 4.55. The predicted molar refractivity (Wildman–Crippen MR) is 74.4 cm³/mol. The highest BCUT2D eigenvalue weighted by Crippen LogP contribution is 2.43. The van der Waals surface area contributed by atoms with Gasteiger partial charge in [-0.1, -0.05) is 13.8 Å². The van der Waals surface area contributed by atoms with Crippen molar-refractivity contribution in [2.75, 3.05) is 7.11 Å². The largest absolute Gasteiger partial charge is 0.381 e. The Bertz CT molecular complexity index is 695. The summed E-state index contributed by atoms with van der Waals surface area (Å²) in [7, 11) is -2.20. The van der Waals surface area contributed by atoms with E-state index in [0.29, 0.717) is 6.42 Å². The normalized spacial score (nSPS) is 24.1. The van der Waals surface area contributed by atoms with Gasteiger partial charge in [-0.2, -0.15) is 5.26 Å². The van der Waals surface area contributed by atoms with Gasteiger partial charge in [-0.3, -0.25) is 0 Å². The van der Waals surface area contributed by atoms with Crippen LogP contribution in [0.3, 0.4) is 0 Å². The second-order valence-corrected chi connectivity index (χ2v) is 7.42. The van der Waals surface area contributed by atoms with Crippen molar-refractivity contribution in [2.45, 2.75) is 37.3 Å². The summed E-state index contributed by atoms with van der Waals surface area (Å²) in [6.45, 7) is 3.84. The van der Waals surface area contributed by atoms with Crippen LogP contribution in [0.15, 0.2) is 23.1 Å². The van der Waals surface area contributed by atoms with Gasteiger partial charge in [-0.25, -0.2) is 17.5 Å². The van der Waals surface area contributed by atoms with Crippen LogP contribution in [-0.4, -0.2) is 27.7 Å². The molecule has 2 unspecified atom stereocenters. The fourth-order valence-electron chi connectivity index (χ4n) is 2.50. The molecule has 114 valence electrons. The Labute approximate surface area is 123 Å². The molecule has 2 rings (SSSR count). The van der Waals surface area contributed by atoms with E-state index in [0.717, 1.165) is 18.2 Å². The predicted octanol–water partition coefficient (Wildman–Crippen LogP) is 1.79. The molecule has 0 saturated heterocycles. The average molecular weight is 312 g/mol. The standard InChI is InChI=1S/C14H17FN2O3S/c1-14(2)12(7-13(14)20-3)17-21(18,19)10-4-5-11(15)9(6-10)8-16/h4-6,12-13,17H,7H2,1-3H3. The van der Waals surface area contributed by atoms with Gasteiger partial charge in [0.2, 0.25) is 10.0 Å². The minimum absolute atomic E-state index is 0.00640. The van der Waals surface area contributed by atoms with Crippen molar-refractivity contribution in [2.24, 2.45) is 5.41 Å². The van der Waals surface area contributed by atoms with E-state index in [4.69, 9.17) is 10.00 Å². The van der Waals surface area contributed by atoms with E-state index in [-0.39, 0.29) is 28.0 Å². The van der Waals surface area contributed by atoms with E-state index in [1.807, 2.05) is 13.8 Å². The highest BCUT2D eigenvalue weighted by molar-refractivity contribution is 7.89. The maximum absolute atomic E-state index is 13.3. The molecule has 0 bridgehead atoms. The molecule has 7 heteroatoms. The second-order valence-electron chi connectivity index (χ2n) is 5.71. The van der Waals surface area contributed by atoms with Gasteiger partial charge in [0.25, 0.3) is 0 Å². The summed E-state index contributed by atoms with van der Waals surface area (Å²) < 4.78 is 45.8. The molecule has 1 aromatic carbocycles. The molecule has 2 atom stereocenters. The number of methoxy groups -OCH3 is 1. The number of ether oxygens (including phenoxy) is 1. The van der Waals surface area contributed by atoms with Gasteiger partial charge in [0.15, 0.2) is 0 Å². The summed E-state index contributed by atoms with van der Waals surface area (Å²) >= 11 is 0. The zero-order chi connectivity index (χ0) is 15.8. The molecule has 1 N–H and O–H groups in total. The fraction of sp³-hybridized carbons (Fsp3) is 0.500. The third kappa shape index (κ3) is 2.79. The summed E-state index contributed by atoms with van der Waals surface area (Å²) in [5.41, 5.74) is -0.611. The van der Waals surface area contributed by atoms with E-state index >= 15 is 0 Å². The van der Waals surface area contributed by atoms with Crippen LogP contribution in [-0.2, 0) is 14.8 Å². The second kappa shape index (κ2) is 5.37. The lowest BCUT2D eigenvalue weighted by Crippen LogP contribution is -2.61. The van der Waals surface area contributed by atoms with E-state index < -0.39 is 15.8 Å². The zero-order valence-corrected chi connectivity index (χ0v) is 12.9. The minimum atomic E-state index is -3.80. The Hall–Kier alpha value is -1.49. The summed E-state index contributed by atoms with van der Waals surface area (Å²) in [5, 5.41) is 8.78. The highest BCUT2D eigenvalue weighted by Gasteiger charge is 2.50. The lowest BCUT2D eigenvalue weighted by atomic mass is 9.65. The first-order chi connectivity index (χ1) is 9.72. The van der Waals surface area contributed by atoms with Crippen molar-refractivity contribution in [3.63, 3.8) is 0 Å². The van der Waals surface area contributed by atoms with Crippen LogP contribution in [0.5, 0.6) is 0 Å². The molecule has 0 aromatic heterocycles. The van der Waals surface area contributed by atoms with E-state index in [1.54, 1.807) is 13.2 Å². The number of sulfonamides is 1. The number of nitriles is 1. The van der Waals surface area contributed by atoms with Gasteiger partial charge >= 0.3 is 0 Å². The number of halogens is 1. The first-order valence-electron chi connectivity index (χ1n) is 6.47. The molecule has 0 spiro atoms. The zero-order valence-electron chi connectivity index (χ0n) is 12.1. The number of nitrogens with zero attached hydrogens (tertiary/aromatic N) is 1. The molecular formula is C14H17FN2O3S. The fourth-order valence-corrected chi connectivity index (χ4v) is 3.93. The molecule has 1 saturated carbocycles. The molecule has 0 amide bonds. The number of rotatable bonds is 4. The van der Waals surface area contributed by atoms with Crippen molar-refractivity contribution in [1.29, 1.82) is 5.26 Å². The summed E-state index contributed by atoms with van der Waals surface area (Å²) in [5.74, 6) is -0.736. The van der Waals surface area contributed by atoms with Crippen molar-refractivity contribution in [3.8, 4) is 6.07 Å². The smallest absolute Gasteiger partial charge is 0.240 e. The van der Waals surface area contributed by atoms with Gasteiger partial charge < -0.3 is 4.74 Å². The number of benzene rings is 1. The van der Waals surface area contributed by atoms with Crippen molar-refractivity contribution in [3.05, 3.63) is 29.6 Å². The van der Waals surface area contributed by atoms with Crippen molar-refractivity contribution >= 4 is 10.0 Å². The maximum atomic E-state index is 13.3. The Kier molecular flexibility index (Phi) is 4.06. The topological polar surface area (TPSA) is 79.2 Å². The lowest BCUT2D eigenvalue weighted by molar-refractivity contribution is -0.0908. The van der Waals surface area contributed by atoms with Gasteiger partial charge in [0.1, 0.15) is 11.9 Å². The lowest BCUT2D eigenvalue weighted by Gasteiger charge is -2.50. The first kappa shape index (κ1) is 15.9. The molecular weight excluding hydrogens is 295 g/mol. The Morgan fingerprint density at radius 2 is 2.14 bits per heavy atom. The Balaban J connectivity index is 2.23. The van der Waals surface area contributed by atoms with Gasteiger partial charge in [-0.05, 0) is 24.6 Å². The molecule has 1 aromatic rings. The van der Waals surface area contributed by atoms with Crippen LogP contribution in [0.2, 0.25) is 0 Å². The minimum Gasteiger partial charge on any atom is -0.381 e. The first-order valence-corrected chi connectivity index (χ1v) is 7.95. The number of nitrogens with one attached hydrogen (secondary N) is 1. The van der Waals surface area contributed by atoms with Crippen LogP contribution in [0, 0.1) is 22.6 Å². The third-order valence-electron chi connectivity index (χ3n) is 4.13. The van der Waals surface area contributed by atoms with Crippen LogP contribution in [0.25, 0.3) is 0 Å². The van der Waals surface area contributed by atoms with E-state index in [2.05, 4.69) is 4.72 Å². The van der Waals surface area contributed by atoms with Gasteiger partial charge in [-0.15, -0.1) is 0 Å². The van der Waals surface area contributed by atoms with Crippen LogP contribution in [0.1, 0.15) is 25.8 Å². The molecule has 21 heavy (non-hydrogen) atoms. The molecule has 1 fully saturated rings. The quantitative estimate of drug-likeness (QED) is 0.919. The van der Waals surface area contributed by atoms with Gasteiger partial charge in [0, 0.05) is 18.6 Å². The SMILES string of the molecule is COC1CC(NS(=O)(=O)c2ccc(F)c(C#N)c2)C1(C)C. The average Bonchev–Trinajstić information content (AvgIpc) is 2.43. The monoisotopic (exact) mass is 312 g/mol. The van der Waals surface area contributed by atoms with Crippen LogP contribution >= 0.6 is 0 Å². The number of hydrogen-bond acceptors (Lipinski definition) is 4.